The summed E-state index contributed by atoms with van der Waals surface area (Å²) in [6.45, 7) is 5.55. The van der Waals surface area contributed by atoms with Crippen molar-refractivity contribution in [3.63, 3.8) is 0 Å². The van der Waals surface area contributed by atoms with Crippen LogP contribution in [0.15, 0.2) is 18.2 Å². The molecule has 0 spiro atoms. The average Bonchev–Trinajstić information content (AvgIpc) is 2.37. The first-order chi connectivity index (χ1) is 9.02. The molecule has 3 N–H and O–H groups in total. The van der Waals surface area contributed by atoms with E-state index in [9.17, 15) is 9.90 Å². The normalized spacial score (nSPS) is 23.5. The predicted molar refractivity (Wildman–Crippen MR) is 73.1 cm³/mol. The fourth-order valence-electron chi connectivity index (χ4n) is 2.64. The minimum atomic E-state index is -0.858. The standard InChI is InChI=1S/C13H20N4O2/c1-9-7-16(8-10(2)17(9)13(18)19)12-5-3-4-11(6-14)15-12/h3-5,9-10H,6-8,14H2,1-2H3,(H,18,19)/t9-,10-/m0/s1. The Bertz CT molecular complexity index is 454. The molecule has 0 saturated carbocycles. The minimum Gasteiger partial charge on any atom is -0.465 e. The molecule has 6 heteroatoms. The molecule has 1 aliphatic heterocycles. The Morgan fingerprint density at radius 2 is 2.05 bits per heavy atom. The lowest BCUT2D eigenvalue weighted by atomic mass is 10.1. The van der Waals surface area contributed by atoms with Crippen molar-refractivity contribution in [3.05, 3.63) is 23.9 Å². The molecule has 2 atom stereocenters. The number of piperazine rings is 1. The van der Waals surface area contributed by atoms with Crippen LogP contribution >= 0.6 is 0 Å². The maximum atomic E-state index is 11.2. The number of pyridine rings is 1. The van der Waals surface area contributed by atoms with Crippen LogP contribution in [0.3, 0.4) is 0 Å². The monoisotopic (exact) mass is 264 g/mol. The highest BCUT2D eigenvalue weighted by molar-refractivity contribution is 5.66. The van der Waals surface area contributed by atoms with Gasteiger partial charge in [-0.15, -0.1) is 0 Å². The zero-order valence-corrected chi connectivity index (χ0v) is 11.3. The smallest absolute Gasteiger partial charge is 0.407 e. The first kappa shape index (κ1) is 13.6. The van der Waals surface area contributed by atoms with Crippen molar-refractivity contribution >= 4 is 11.9 Å². The molecule has 1 aromatic rings. The van der Waals surface area contributed by atoms with Gasteiger partial charge in [0.25, 0.3) is 0 Å². The summed E-state index contributed by atoms with van der Waals surface area (Å²) in [6, 6.07) is 5.66. The van der Waals surface area contributed by atoms with Crippen molar-refractivity contribution in [1.82, 2.24) is 9.88 Å². The number of rotatable bonds is 2. The zero-order valence-electron chi connectivity index (χ0n) is 11.3. The number of nitrogens with two attached hydrogens (primary N) is 1. The Balaban J connectivity index is 2.17. The van der Waals surface area contributed by atoms with E-state index in [-0.39, 0.29) is 12.1 Å². The largest absolute Gasteiger partial charge is 0.465 e. The highest BCUT2D eigenvalue weighted by Crippen LogP contribution is 2.21. The number of nitrogens with zero attached hydrogens (tertiary/aromatic N) is 3. The van der Waals surface area contributed by atoms with Crippen molar-refractivity contribution in [2.75, 3.05) is 18.0 Å². The fourth-order valence-corrected chi connectivity index (χ4v) is 2.64. The third-order valence-corrected chi connectivity index (χ3v) is 3.47. The molecular formula is C13H20N4O2. The summed E-state index contributed by atoms with van der Waals surface area (Å²) in [4.78, 5) is 19.3. The molecule has 2 heterocycles. The SMILES string of the molecule is C[C@H]1CN(c2cccc(CN)n2)C[C@H](C)N1C(=O)O. The van der Waals surface area contributed by atoms with E-state index < -0.39 is 6.09 Å². The van der Waals surface area contributed by atoms with Gasteiger partial charge in [0.2, 0.25) is 0 Å². The van der Waals surface area contributed by atoms with Crippen molar-refractivity contribution in [1.29, 1.82) is 0 Å². The second-order valence-corrected chi connectivity index (χ2v) is 4.98. The van der Waals surface area contributed by atoms with Crippen LogP contribution in [0.2, 0.25) is 0 Å². The molecule has 104 valence electrons. The molecule has 1 amide bonds. The van der Waals surface area contributed by atoms with E-state index in [0.717, 1.165) is 11.5 Å². The number of aromatic nitrogens is 1. The van der Waals surface area contributed by atoms with Gasteiger partial charge in [-0.25, -0.2) is 9.78 Å². The van der Waals surface area contributed by atoms with Gasteiger partial charge in [0.15, 0.2) is 0 Å². The lowest BCUT2D eigenvalue weighted by molar-refractivity contribution is 0.0981. The number of hydrogen-bond acceptors (Lipinski definition) is 4. The van der Waals surface area contributed by atoms with Gasteiger partial charge in [-0.2, -0.15) is 0 Å². The van der Waals surface area contributed by atoms with Crippen molar-refractivity contribution in [2.24, 2.45) is 5.73 Å². The van der Waals surface area contributed by atoms with Crippen molar-refractivity contribution in [2.45, 2.75) is 32.5 Å². The Morgan fingerprint density at radius 1 is 1.42 bits per heavy atom. The Labute approximate surface area is 112 Å². The number of carbonyl (C=O) groups is 1. The van der Waals surface area contributed by atoms with E-state index in [0.29, 0.717) is 19.6 Å². The molecule has 1 aliphatic rings. The fraction of sp³-hybridized carbons (Fsp3) is 0.538. The van der Waals surface area contributed by atoms with Gasteiger partial charge in [0, 0.05) is 19.6 Å². The maximum absolute atomic E-state index is 11.2. The first-order valence-electron chi connectivity index (χ1n) is 6.45. The number of hydrogen-bond donors (Lipinski definition) is 2. The van der Waals surface area contributed by atoms with Crippen molar-refractivity contribution in [3.8, 4) is 0 Å². The van der Waals surface area contributed by atoms with Crippen LogP contribution in [0.1, 0.15) is 19.5 Å². The Morgan fingerprint density at radius 3 is 2.58 bits per heavy atom. The highest BCUT2D eigenvalue weighted by Gasteiger charge is 2.33. The number of amides is 1. The quantitative estimate of drug-likeness (QED) is 0.836. The van der Waals surface area contributed by atoms with Crippen LogP contribution in [-0.2, 0) is 6.54 Å². The molecule has 0 radical (unpaired) electrons. The van der Waals surface area contributed by atoms with Crippen LogP contribution in [0.25, 0.3) is 0 Å². The van der Waals surface area contributed by atoms with E-state index in [2.05, 4.69) is 9.88 Å². The van der Waals surface area contributed by atoms with E-state index in [1.54, 1.807) is 0 Å². The zero-order chi connectivity index (χ0) is 14.0. The molecule has 0 unspecified atom stereocenters. The number of carboxylic acid groups (broad SMARTS) is 1. The van der Waals surface area contributed by atoms with Gasteiger partial charge in [-0.1, -0.05) is 6.07 Å². The summed E-state index contributed by atoms with van der Waals surface area (Å²) >= 11 is 0. The molecule has 0 bridgehead atoms. The van der Waals surface area contributed by atoms with Crippen molar-refractivity contribution < 1.29 is 9.90 Å². The molecule has 0 aromatic carbocycles. The molecule has 1 saturated heterocycles. The lowest BCUT2D eigenvalue weighted by Gasteiger charge is -2.43. The first-order valence-corrected chi connectivity index (χ1v) is 6.45. The van der Waals surface area contributed by atoms with Gasteiger partial charge < -0.3 is 15.7 Å². The average molecular weight is 264 g/mol. The second-order valence-electron chi connectivity index (χ2n) is 4.98. The number of anilines is 1. The van der Waals surface area contributed by atoms with Gasteiger partial charge >= 0.3 is 6.09 Å². The van der Waals surface area contributed by atoms with E-state index in [1.807, 2.05) is 32.0 Å². The van der Waals surface area contributed by atoms with Gasteiger partial charge in [-0.05, 0) is 26.0 Å². The van der Waals surface area contributed by atoms with E-state index in [4.69, 9.17) is 5.73 Å². The molecule has 1 aromatic heterocycles. The van der Waals surface area contributed by atoms with Gasteiger partial charge in [0.1, 0.15) is 5.82 Å². The minimum absolute atomic E-state index is 0.0513. The summed E-state index contributed by atoms with van der Waals surface area (Å²) in [5.74, 6) is 0.867. The van der Waals surface area contributed by atoms with Crippen LogP contribution < -0.4 is 10.6 Å². The molecule has 6 nitrogen and oxygen atoms in total. The van der Waals surface area contributed by atoms with Crippen LogP contribution in [0.5, 0.6) is 0 Å². The summed E-state index contributed by atoms with van der Waals surface area (Å²) in [5.41, 5.74) is 6.44. The third-order valence-electron chi connectivity index (χ3n) is 3.47. The van der Waals surface area contributed by atoms with Crippen LogP contribution in [0.4, 0.5) is 10.6 Å². The summed E-state index contributed by atoms with van der Waals surface area (Å²) in [5, 5.41) is 9.19. The van der Waals surface area contributed by atoms with E-state index >= 15 is 0 Å². The summed E-state index contributed by atoms with van der Waals surface area (Å²) < 4.78 is 0. The molecule has 0 aliphatic carbocycles. The van der Waals surface area contributed by atoms with Crippen LogP contribution in [-0.4, -0.2) is 46.3 Å². The van der Waals surface area contributed by atoms with Gasteiger partial charge in [0.05, 0.1) is 17.8 Å². The summed E-state index contributed by atoms with van der Waals surface area (Å²) in [6.07, 6.45) is -0.858. The predicted octanol–water partition coefficient (Wildman–Crippen LogP) is 1.12. The summed E-state index contributed by atoms with van der Waals surface area (Å²) in [7, 11) is 0. The maximum Gasteiger partial charge on any atom is 0.407 e. The Hall–Kier alpha value is -1.82. The van der Waals surface area contributed by atoms with E-state index in [1.165, 1.54) is 4.90 Å². The molecule has 2 rings (SSSR count). The second kappa shape index (κ2) is 5.44. The Kier molecular flexibility index (Phi) is 3.90. The topological polar surface area (TPSA) is 82.7 Å². The molecule has 1 fully saturated rings. The lowest BCUT2D eigenvalue weighted by Crippen LogP contribution is -2.58. The highest BCUT2D eigenvalue weighted by atomic mass is 16.4. The van der Waals surface area contributed by atoms with Gasteiger partial charge in [-0.3, -0.25) is 4.90 Å². The molecule has 19 heavy (non-hydrogen) atoms. The molecular weight excluding hydrogens is 244 g/mol. The van der Waals surface area contributed by atoms with Crippen LogP contribution in [0, 0.1) is 0 Å². The third kappa shape index (κ3) is 2.78.